The van der Waals surface area contributed by atoms with Crippen LogP contribution in [0.5, 0.6) is 0 Å². The van der Waals surface area contributed by atoms with E-state index in [1.807, 2.05) is 25.3 Å². The predicted octanol–water partition coefficient (Wildman–Crippen LogP) is 4.33. The molecule has 2 aromatic carbocycles. The third kappa shape index (κ3) is 3.11. The Morgan fingerprint density at radius 1 is 1.30 bits per heavy atom. The molecule has 1 amide bonds. The minimum Gasteiger partial charge on any atom is -0.452 e. The SMILES string of the molecule is CCN(C(=O)OC)c1ccc2cccc(CC3=CCC=N3)c2c1. The highest BCUT2D eigenvalue weighted by molar-refractivity contribution is 5.94. The fraction of sp³-hybridized carbons (Fsp3) is 0.263. The van der Waals surface area contributed by atoms with Crippen LogP contribution in [0.15, 0.2) is 53.2 Å². The first kappa shape index (κ1) is 15.3. The lowest BCUT2D eigenvalue weighted by Gasteiger charge is -2.20. The molecule has 0 N–H and O–H groups in total. The largest absolute Gasteiger partial charge is 0.452 e. The molecule has 0 unspecified atom stereocenters. The highest BCUT2D eigenvalue weighted by Gasteiger charge is 2.15. The van der Waals surface area contributed by atoms with Gasteiger partial charge in [0.15, 0.2) is 0 Å². The van der Waals surface area contributed by atoms with Gasteiger partial charge in [0.25, 0.3) is 0 Å². The van der Waals surface area contributed by atoms with Crippen LogP contribution in [0.25, 0.3) is 10.8 Å². The third-order valence-electron chi connectivity index (χ3n) is 4.07. The zero-order chi connectivity index (χ0) is 16.2. The van der Waals surface area contributed by atoms with Crippen molar-refractivity contribution in [3.8, 4) is 0 Å². The maximum Gasteiger partial charge on any atom is 0.413 e. The van der Waals surface area contributed by atoms with E-state index in [0.717, 1.165) is 35.0 Å². The molecule has 118 valence electrons. The van der Waals surface area contributed by atoms with Crippen molar-refractivity contribution in [1.82, 2.24) is 0 Å². The van der Waals surface area contributed by atoms with Crippen LogP contribution in [0.2, 0.25) is 0 Å². The first-order valence-corrected chi connectivity index (χ1v) is 7.81. The van der Waals surface area contributed by atoms with Crippen molar-refractivity contribution in [2.45, 2.75) is 19.8 Å². The normalized spacial score (nSPS) is 13.2. The van der Waals surface area contributed by atoms with Gasteiger partial charge in [-0.25, -0.2) is 4.79 Å². The van der Waals surface area contributed by atoms with E-state index >= 15 is 0 Å². The number of carbonyl (C=O) groups excluding carboxylic acids is 1. The number of amides is 1. The molecular weight excluding hydrogens is 288 g/mol. The van der Waals surface area contributed by atoms with Gasteiger partial charge in [0.05, 0.1) is 7.11 Å². The van der Waals surface area contributed by atoms with Gasteiger partial charge < -0.3 is 4.74 Å². The van der Waals surface area contributed by atoms with E-state index in [0.29, 0.717) is 6.54 Å². The van der Waals surface area contributed by atoms with Gasteiger partial charge in [0.2, 0.25) is 0 Å². The van der Waals surface area contributed by atoms with Crippen LogP contribution in [0.1, 0.15) is 18.9 Å². The van der Waals surface area contributed by atoms with Crippen molar-refractivity contribution in [3.05, 3.63) is 53.7 Å². The molecule has 2 aromatic rings. The number of carbonyl (C=O) groups is 1. The smallest absolute Gasteiger partial charge is 0.413 e. The number of hydrogen-bond donors (Lipinski definition) is 0. The van der Waals surface area contributed by atoms with E-state index in [2.05, 4.69) is 35.3 Å². The van der Waals surface area contributed by atoms with Crippen LogP contribution in [0.3, 0.4) is 0 Å². The van der Waals surface area contributed by atoms with E-state index in [1.165, 1.54) is 12.7 Å². The summed E-state index contributed by atoms with van der Waals surface area (Å²) in [5.41, 5.74) is 3.17. The molecule has 23 heavy (non-hydrogen) atoms. The van der Waals surface area contributed by atoms with Crippen molar-refractivity contribution in [2.75, 3.05) is 18.6 Å². The van der Waals surface area contributed by atoms with Gasteiger partial charge in [-0.3, -0.25) is 9.89 Å². The molecule has 4 heteroatoms. The Hall–Kier alpha value is -2.62. The molecule has 0 bridgehead atoms. The van der Waals surface area contributed by atoms with E-state index in [9.17, 15) is 4.79 Å². The lowest BCUT2D eigenvalue weighted by atomic mass is 10.00. The van der Waals surface area contributed by atoms with Gasteiger partial charge >= 0.3 is 6.09 Å². The molecule has 1 aliphatic rings. The number of allylic oxidation sites excluding steroid dienone is 2. The number of methoxy groups -OCH3 is 1. The molecule has 0 spiro atoms. The summed E-state index contributed by atoms with van der Waals surface area (Å²) >= 11 is 0. The Morgan fingerprint density at radius 2 is 2.17 bits per heavy atom. The van der Waals surface area contributed by atoms with Crippen molar-refractivity contribution in [3.63, 3.8) is 0 Å². The molecule has 1 heterocycles. The van der Waals surface area contributed by atoms with E-state index in [1.54, 1.807) is 4.90 Å². The number of nitrogens with zero attached hydrogens (tertiary/aromatic N) is 2. The second-order valence-electron chi connectivity index (χ2n) is 5.46. The maximum atomic E-state index is 11.9. The lowest BCUT2D eigenvalue weighted by molar-refractivity contribution is 0.179. The summed E-state index contributed by atoms with van der Waals surface area (Å²) in [6, 6.07) is 12.3. The van der Waals surface area contributed by atoms with E-state index in [4.69, 9.17) is 4.74 Å². The number of hydrogen-bond acceptors (Lipinski definition) is 3. The molecular formula is C19H20N2O2. The minimum atomic E-state index is -0.340. The van der Waals surface area contributed by atoms with Crippen LogP contribution in [0, 0.1) is 0 Å². The van der Waals surface area contributed by atoms with Gasteiger partial charge in [-0.05, 0) is 35.4 Å². The Kier molecular flexibility index (Phi) is 4.42. The highest BCUT2D eigenvalue weighted by atomic mass is 16.5. The molecule has 0 aromatic heterocycles. The van der Waals surface area contributed by atoms with Crippen LogP contribution in [-0.4, -0.2) is 26.0 Å². The Labute approximate surface area is 136 Å². The van der Waals surface area contributed by atoms with Crippen LogP contribution < -0.4 is 4.90 Å². The van der Waals surface area contributed by atoms with Gasteiger partial charge in [0.1, 0.15) is 0 Å². The van der Waals surface area contributed by atoms with Crippen molar-refractivity contribution < 1.29 is 9.53 Å². The summed E-state index contributed by atoms with van der Waals surface area (Å²) in [7, 11) is 1.40. The molecule has 0 aliphatic carbocycles. The summed E-state index contributed by atoms with van der Waals surface area (Å²) in [6.07, 6.45) is 5.46. The number of ether oxygens (including phenoxy) is 1. The molecule has 0 atom stereocenters. The number of benzene rings is 2. The second-order valence-corrected chi connectivity index (χ2v) is 5.46. The predicted molar refractivity (Wildman–Crippen MR) is 94.3 cm³/mol. The molecule has 4 nitrogen and oxygen atoms in total. The molecule has 1 aliphatic heterocycles. The highest BCUT2D eigenvalue weighted by Crippen LogP contribution is 2.27. The first-order valence-electron chi connectivity index (χ1n) is 7.81. The lowest BCUT2D eigenvalue weighted by Crippen LogP contribution is -2.30. The molecule has 0 saturated carbocycles. The zero-order valence-electron chi connectivity index (χ0n) is 13.5. The van der Waals surface area contributed by atoms with Crippen LogP contribution in [-0.2, 0) is 11.2 Å². The first-order chi connectivity index (χ1) is 11.2. The van der Waals surface area contributed by atoms with Gasteiger partial charge in [-0.1, -0.05) is 30.3 Å². The summed E-state index contributed by atoms with van der Waals surface area (Å²) in [5, 5.41) is 2.31. The quantitative estimate of drug-likeness (QED) is 0.843. The monoisotopic (exact) mass is 308 g/mol. The van der Waals surface area contributed by atoms with Gasteiger partial charge in [-0.15, -0.1) is 0 Å². The average molecular weight is 308 g/mol. The summed E-state index contributed by atoms with van der Waals surface area (Å²) < 4.78 is 4.87. The maximum absolute atomic E-state index is 11.9. The Bertz CT molecular complexity index is 793. The number of fused-ring (bicyclic) bond motifs is 1. The fourth-order valence-corrected chi connectivity index (χ4v) is 2.90. The average Bonchev–Trinajstić information content (AvgIpc) is 3.09. The van der Waals surface area contributed by atoms with E-state index < -0.39 is 0 Å². The minimum absolute atomic E-state index is 0.340. The molecule has 0 fully saturated rings. The fourth-order valence-electron chi connectivity index (χ4n) is 2.90. The number of rotatable bonds is 4. The van der Waals surface area contributed by atoms with Crippen LogP contribution in [0.4, 0.5) is 10.5 Å². The molecule has 3 rings (SSSR count). The number of anilines is 1. The topological polar surface area (TPSA) is 41.9 Å². The Balaban J connectivity index is 2.03. The standard InChI is InChI=1S/C19H20N2O2/c1-3-21(19(22)23-2)17-10-9-14-6-4-7-15(18(14)13-17)12-16-8-5-11-20-16/h4,6-11,13H,3,5,12H2,1-2H3. The van der Waals surface area contributed by atoms with Crippen molar-refractivity contribution in [2.24, 2.45) is 4.99 Å². The second kappa shape index (κ2) is 6.65. The summed E-state index contributed by atoms with van der Waals surface area (Å²) in [6.45, 7) is 2.50. The van der Waals surface area contributed by atoms with Crippen molar-refractivity contribution in [1.29, 1.82) is 0 Å². The molecule has 0 radical (unpaired) electrons. The summed E-state index contributed by atoms with van der Waals surface area (Å²) in [5.74, 6) is 0. The Morgan fingerprint density at radius 3 is 2.87 bits per heavy atom. The van der Waals surface area contributed by atoms with E-state index in [-0.39, 0.29) is 6.09 Å². The third-order valence-corrected chi connectivity index (χ3v) is 4.07. The van der Waals surface area contributed by atoms with Crippen LogP contribution >= 0.6 is 0 Å². The molecule has 0 saturated heterocycles. The number of aliphatic imine (C=N–C) groups is 1. The zero-order valence-corrected chi connectivity index (χ0v) is 13.5. The van der Waals surface area contributed by atoms with Crippen molar-refractivity contribution >= 4 is 28.8 Å². The van der Waals surface area contributed by atoms with Gasteiger partial charge in [0, 0.05) is 37.0 Å². The van der Waals surface area contributed by atoms with Gasteiger partial charge in [-0.2, -0.15) is 0 Å². The summed E-state index contributed by atoms with van der Waals surface area (Å²) in [4.78, 5) is 18.0.